The van der Waals surface area contributed by atoms with Crippen LogP contribution in [0.2, 0.25) is 0 Å². The Morgan fingerprint density at radius 1 is 1.03 bits per heavy atom. The van der Waals surface area contributed by atoms with Crippen LogP contribution in [0.5, 0.6) is 5.75 Å². The van der Waals surface area contributed by atoms with Crippen LogP contribution in [-0.2, 0) is 15.0 Å². The number of hydrogen-bond donors (Lipinski definition) is 1. The monoisotopic (exact) mass is 478 g/mol. The first-order valence-electron chi connectivity index (χ1n) is 12.4. The van der Waals surface area contributed by atoms with Crippen LogP contribution in [0.4, 0.5) is 0 Å². The minimum atomic E-state index is -0.705. The third-order valence-electron chi connectivity index (χ3n) is 6.29. The van der Waals surface area contributed by atoms with Crippen molar-refractivity contribution < 1.29 is 24.3 Å². The fraction of sp³-hybridized carbons (Fsp3) is 0.448. The second kappa shape index (κ2) is 11.1. The number of ether oxygens (including phenoxy) is 1. The topological polar surface area (TPSA) is 74.1 Å². The van der Waals surface area contributed by atoms with Crippen LogP contribution < -0.4 is 14.7 Å². The number of nitrogens with zero attached hydrogens (tertiary/aromatic N) is 1. The molecule has 0 spiro atoms. The third kappa shape index (κ3) is 6.12. The molecule has 6 heteroatoms. The zero-order chi connectivity index (χ0) is 25.8. The van der Waals surface area contributed by atoms with Gasteiger partial charge in [-0.2, -0.15) is 0 Å². The second-order valence-electron chi connectivity index (χ2n) is 10.5. The Kier molecular flexibility index (Phi) is 8.39. The van der Waals surface area contributed by atoms with E-state index in [1.807, 2.05) is 31.2 Å². The van der Waals surface area contributed by atoms with Crippen molar-refractivity contribution in [1.29, 1.82) is 0 Å². The molecule has 1 aliphatic heterocycles. The number of hydrogen-bond acceptors (Lipinski definition) is 4. The summed E-state index contributed by atoms with van der Waals surface area (Å²) in [6.07, 6.45) is 1.62. The van der Waals surface area contributed by atoms with Crippen LogP contribution in [0, 0.1) is 0 Å². The molecule has 0 bridgehead atoms. The number of ketones is 1. The summed E-state index contributed by atoms with van der Waals surface area (Å²) in [5, 5.41) is 13.6. The predicted octanol–water partition coefficient (Wildman–Crippen LogP) is 2.53. The van der Waals surface area contributed by atoms with Crippen LogP contribution >= 0.6 is 0 Å². The van der Waals surface area contributed by atoms with E-state index in [1.165, 1.54) is 4.90 Å². The lowest BCUT2D eigenvalue weighted by molar-refractivity contribution is -0.858. The number of amides is 1. The standard InChI is InChI=1S/C29H38N2O4/c1-7-19-35-23-15-11-21(12-16-23)26(32)24-25(20-9-13-22(14-10-20)29(2,3)4)31(28(34)27(24)33)18-8-17-30(5)6/h9-16,25,32H,7-8,17-19H2,1-6H3. The quantitative estimate of drug-likeness (QED) is 0.342. The second-order valence-corrected chi connectivity index (χ2v) is 10.5. The van der Waals surface area contributed by atoms with E-state index in [0.717, 1.165) is 30.5 Å². The molecule has 1 heterocycles. The predicted molar refractivity (Wildman–Crippen MR) is 136 cm³/mol. The number of carbonyl (C=O) groups is 2. The summed E-state index contributed by atoms with van der Waals surface area (Å²) in [6, 6.07) is 14.0. The molecular formula is C29H38N2O4. The fourth-order valence-corrected chi connectivity index (χ4v) is 4.29. The maximum Gasteiger partial charge on any atom is 0.295 e. The van der Waals surface area contributed by atoms with Gasteiger partial charge >= 0.3 is 0 Å². The van der Waals surface area contributed by atoms with Crippen molar-refractivity contribution >= 4 is 17.4 Å². The maximum atomic E-state index is 13.6. The van der Waals surface area contributed by atoms with Gasteiger partial charge in [0.15, 0.2) is 0 Å². The highest BCUT2D eigenvalue weighted by Gasteiger charge is 2.44. The van der Waals surface area contributed by atoms with Crippen LogP contribution in [0.1, 0.15) is 63.3 Å². The average Bonchev–Trinajstić information content (AvgIpc) is 3.07. The van der Waals surface area contributed by atoms with Gasteiger partial charge in [0, 0.05) is 18.5 Å². The number of benzene rings is 2. The van der Waals surface area contributed by atoms with Crippen LogP contribution in [0.3, 0.4) is 0 Å². The normalized spacial score (nSPS) is 17.9. The zero-order valence-corrected chi connectivity index (χ0v) is 21.8. The third-order valence-corrected chi connectivity index (χ3v) is 6.29. The molecule has 0 aromatic heterocycles. The molecule has 6 nitrogen and oxygen atoms in total. The number of quaternary nitrogens is 1. The lowest BCUT2D eigenvalue weighted by Crippen LogP contribution is -3.05. The summed E-state index contributed by atoms with van der Waals surface area (Å²) in [6.45, 7) is 10.3. The average molecular weight is 479 g/mol. The summed E-state index contributed by atoms with van der Waals surface area (Å²) in [5.41, 5.74) is 2.30. The highest BCUT2D eigenvalue weighted by atomic mass is 16.5. The molecule has 188 valence electrons. The van der Waals surface area contributed by atoms with Crippen molar-refractivity contribution in [3.8, 4) is 5.75 Å². The van der Waals surface area contributed by atoms with E-state index in [1.54, 1.807) is 29.2 Å². The van der Waals surface area contributed by atoms with Gasteiger partial charge in [0.25, 0.3) is 5.91 Å². The van der Waals surface area contributed by atoms with E-state index in [4.69, 9.17) is 4.74 Å². The van der Waals surface area contributed by atoms with Gasteiger partial charge in [-0.25, -0.2) is 0 Å². The smallest absolute Gasteiger partial charge is 0.295 e. The summed E-state index contributed by atoms with van der Waals surface area (Å²) in [5.74, 6) is -1.04. The van der Waals surface area contributed by atoms with Crippen molar-refractivity contribution in [2.75, 3.05) is 33.8 Å². The van der Waals surface area contributed by atoms with Crippen LogP contribution in [0.25, 0.3) is 5.76 Å². The van der Waals surface area contributed by atoms with Crippen molar-refractivity contribution in [1.82, 2.24) is 4.90 Å². The summed E-state index contributed by atoms with van der Waals surface area (Å²) in [4.78, 5) is 29.1. The molecule has 1 aliphatic rings. The van der Waals surface area contributed by atoms with E-state index >= 15 is 0 Å². The number of carbonyl (C=O) groups excluding carboxylic acids is 2. The largest absolute Gasteiger partial charge is 0.872 e. The molecule has 1 amide bonds. The molecule has 1 N–H and O–H groups in total. The molecule has 0 radical (unpaired) electrons. The number of likely N-dealkylation sites (tertiary alicyclic amines) is 1. The molecule has 2 aromatic rings. The molecule has 3 rings (SSSR count). The lowest BCUT2D eigenvalue weighted by Gasteiger charge is -2.28. The maximum absolute atomic E-state index is 13.6. The molecular weight excluding hydrogens is 440 g/mol. The summed E-state index contributed by atoms with van der Waals surface area (Å²) < 4.78 is 5.61. The molecule has 0 aliphatic carbocycles. The Hall–Kier alpha value is -3.12. The first-order chi connectivity index (χ1) is 16.5. The molecule has 35 heavy (non-hydrogen) atoms. The van der Waals surface area contributed by atoms with Gasteiger partial charge in [0.05, 0.1) is 33.3 Å². The minimum Gasteiger partial charge on any atom is -0.872 e. The number of Topliss-reactive ketones (excluding diaryl/α,β-unsaturated/α-hetero) is 1. The van der Waals surface area contributed by atoms with Crippen molar-refractivity contribution in [2.24, 2.45) is 0 Å². The van der Waals surface area contributed by atoms with E-state index in [0.29, 0.717) is 24.5 Å². The molecule has 1 atom stereocenters. The van der Waals surface area contributed by atoms with E-state index in [9.17, 15) is 14.7 Å². The molecule has 1 saturated heterocycles. The van der Waals surface area contributed by atoms with Crippen molar-refractivity contribution in [3.05, 3.63) is 70.8 Å². The Morgan fingerprint density at radius 2 is 1.66 bits per heavy atom. The summed E-state index contributed by atoms with van der Waals surface area (Å²) >= 11 is 0. The van der Waals surface area contributed by atoms with Crippen LogP contribution in [0.15, 0.2) is 54.1 Å². The van der Waals surface area contributed by atoms with Gasteiger partial charge in [-0.15, -0.1) is 0 Å². The SMILES string of the molecule is CCCOc1ccc(C([O-])=C2C(=O)C(=O)N(CCC[NH+](C)C)C2c2ccc(C(C)(C)C)cc2)cc1. The Labute approximate surface area is 209 Å². The van der Waals surface area contributed by atoms with E-state index in [-0.39, 0.29) is 11.0 Å². The Morgan fingerprint density at radius 3 is 2.20 bits per heavy atom. The van der Waals surface area contributed by atoms with Gasteiger partial charge in [-0.1, -0.05) is 69.9 Å². The molecule has 2 aromatic carbocycles. The molecule has 1 unspecified atom stereocenters. The highest BCUT2D eigenvalue weighted by molar-refractivity contribution is 6.46. The van der Waals surface area contributed by atoms with Gasteiger partial charge in [-0.05, 0) is 40.7 Å². The van der Waals surface area contributed by atoms with Gasteiger partial charge < -0.3 is 19.6 Å². The lowest BCUT2D eigenvalue weighted by atomic mass is 9.85. The molecule has 1 fully saturated rings. The molecule has 0 saturated carbocycles. The van der Waals surface area contributed by atoms with E-state index in [2.05, 4.69) is 34.9 Å². The fourth-order valence-electron chi connectivity index (χ4n) is 4.29. The first kappa shape index (κ1) is 26.5. The van der Waals surface area contributed by atoms with Gasteiger partial charge in [-0.3, -0.25) is 9.59 Å². The van der Waals surface area contributed by atoms with Gasteiger partial charge in [0.2, 0.25) is 5.78 Å². The number of rotatable bonds is 9. The van der Waals surface area contributed by atoms with E-state index < -0.39 is 23.5 Å². The first-order valence-corrected chi connectivity index (χ1v) is 12.4. The van der Waals surface area contributed by atoms with Crippen molar-refractivity contribution in [2.45, 2.75) is 52.0 Å². The van der Waals surface area contributed by atoms with Crippen molar-refractivity contribution in [3.63, 3.8) is 0 Å². The minimum absolute atomic E-state index is 0.0259. The summed E-state index contributed by atoms with van der Waals surface area (Å²) in [7, 11) is 4.10. The Balaban J connectivity index is 2.04. The highest BCUT2D eigenvalue weighted by Crippen LogP contribution is 2.39. The zero-order valence-electron chi connectivity index (χ0n) is 21.8. The van der Waals surface area contributed by atoms with Crippen LogP contribution in [-0.4, -0.2) is 50.4 Å². The number of nitrogens with one attached hydrogen (secondary N) is 1. The van der Waals surface area contributed by atoms with Gasteiger partial charge in [0.1, 0.15) is 5.75 Å². The Bertz CT molecular complexity index is 1060.